The molecule has 0 aliphatic rings. The Balaban J connectivity index is 2.13. The van der Waals surface area contributed by atoms with Gasteiger partial charge in [-0.15, -0.1) is 5.10 Å². The van der Waals surface area contributed by atoms with E-state index in [2.05, 4.69) is 9.59 Å². The monoisotopic (exact) mass is 344 g/mol. The quantitative estimate of drug-likeness (QED) is 0.506. The first-order valence-electron chi connectivity index (χ1n) is 7.67. The third kappa shape index (κ3) is 2.55. The number of aromatic nitrogens is 2. The first-order chi connectivity index (χ1) is 12.3. The van der Waals surface area contributed by atoms with E-state index in [1.807, 2.05) is 48.5 Å². The number of benzene rings is 3. The van der Waals surface area contributed by atoms with Gasteiger partial charge in [-0.2, -0.15) is 0 Å². The molecule has 5 heteroatoms. The van der Waals surface area contributed by atoms with E-state index in [9.17, 15) is 9.59 Å². The van der Waals surface area contributed by atoms with Gasteiger partial charge in [0.15, 0.2) is 12.6 Å². The van der Waals surface area contributed by atoms with Crippen molar-refractivity contribution in [2.45, 2.75) is 0 Å². The molecule has 0 N–H and O–H groups in total. The largest absolute Gasteiger partial charge is 0.298 e. The molecule has 0 bridgehead atoms. The minimum atomic E-state index is 0.577. The molecule has 4 nitrogen and oxygen atoms in total. The van der Waals surface area contributed by atoms with Crippen LogP contribution in [0.15, 0.2) is 60.7 Å². The molecule has 0 aliphatic carbocycles. The Morgan fingerprint density at radius 1 is 0.720 bits per heavy atom. The lowest BCUT2D eigenvalue weighted by Gasteiger charge is -2.14. The molecule has 0 saturated carbocycles. The van der Waals surface area contributed by atoms with Crippen LogP contribution in [0.2, 0.25) is 0 Å². The van der Waals surface area contributed by atoms with Crippen LogP contribution in [0.4, 0.5) is 0 Å². The summed E-state index contributed by atoms with van der Waals surface area (Å²) in [7, 11) is 0. The SMILES string of the molecule is O=Cc1ccccc1-c1ccc2snnc2c1-c1ccccc1C=O. The smallest absolute Gasteiger partial charge is 0.150 e. The van der Waals surface area contributed by atoms with Gasteiger partial charge in [-0.25, -0.2) is 0 Å². The van der Waals surface area contributed by atoms with Crippen molar-refractivity contribution in [3.8, 4) is 22.3 Å². The van der Waals surface area contributed by atoms with Crippen LogP contribution >= 0.6 is 11.5 Å². The molecule has 0 radical (unpaired) electrons. The van der Waals surface area contributed by atoms with Crippen LogP contribution in [0.5, 0.6) is 0 Å². The fraction of sp³-hybridized carbons (Fsp3) is 0. The van der Waals surface area contributed by atoms with Crippen molar-refractivity contribution in [2.24, 2.45) is 0 Å². The van der Waals surface area contributed by atoms with Gasteiger partial charge >= 0.3 is 0 Å². The first kappa shape index (κ1) is 15.4. The average molecular weight is 344 g/mol. The molecule has 0 atom stereocenters. The van der Waals surface area contributed by atoms with Crippen molar-refractivity contribution < 1.29 is 9.59 Å². The zero-order valence-corrected chi connectivity index (χ0v) is 13.9. The summed E-state index contributed by atoms with van der Waals surface area (Å²) >= 11 is 1.30. The van der Waals surface area contributed by atoms with Crippen molar-refractivity contribution in [1.82, 2.24) is 9.59 Å². The molecular weight excluding hydrogens is 332 g/mol. The standard InChI is InChI=1S/C20H12N2O2S/c23-11-13-5-1-3-7-15(13)17-9-10-18-20(21-22-25-18)19(17)16-8-4-2-6-14(16)12-24/h1-12H. The fourth-order valence-electron chi connectivity index (χ4n) is 3.02. The van der Waals surface area contributed by atoms with Gasteiger partial charge in [-0.05, 0) is 34.3 Å². The van der Waals surface area contributed by atoms with Crippen LogP contribution in [0.1, 0.15) is 20.7 Å². The molecular formula is C20H12N2O2S. The van der Waals surface area contributed by atoms with Crippen molar-refractivity contribution >= 4 is 34.3 Å². The van der Waals surface area contributed by atoms with E-state index in [4.69, 9.17) is 0 Å². The number of nitrogens with zero attached hydrogens (tertiary/aromatic N) is 2. The Labute approximate surface area is 147 Å². The van der Waals surface area contributed by atoms with E-state index in [-0.39, 0.29) is 0 Å². The summed E-state index contributed by atoms with van der Waals surface area (Å²) in [6.45, 7) is 0. The van der Waals surface area contributed by atoms with Crippen LogP contribution in [0.3, 0.4) is 0 Å². The van der Waals surface area contributed by atoms with Gasteiger partial charge in [0.05, 0.1) is 4.70 Å². The van der Waals surface area contributed by atoms with Crippen molar-refractivity contribution in [1.29, 1.82) is 0 Å². The summed E-state index contributed by atoms with van der Waals surface area (Å²) in [6.07, 6.45) is 1.68. The minimum Gasteiger partial charge on any atom is -0.298 e. The highest BCUT2D eigenvalue weighted by Gasteiger charge is 2.18. The Bertz CT molecular complexity index is 1100. The maximum absolute atomic E-state index is 11.6. The third-order valence-corrected chi connectivity index (χ3v) is 4.85. The van der Waals surface area contributed by atoms with E-state index < -0.39 is 0 Å². The number of hydrogen-bond acceptors (Lipinski definition) is 5. The molecule has 4 aromatic rings. The summed E-state index contributed by atoms with van der Waals surface area (Å²) in [6, 6.07) is 18.7. The highest BCUT2D eigenvalue weighted by molar-refractivity contribution is 7.13. The van der Waals surface area contributed by atoms with E-state index in [1.54, 1.807) is 12.1 Å². The van der Waals surface area contributed by atoms with Crippen molar-refractivity contribution in [3.63, 3.8) is 0 Å². The number of rotatable bonds is 4. The zero-order chi connectivity index (χ0) is 17.2. The summed E-state index contributed by atoms with van der Waals surface area (Å²) in [5, 5.41) is 4.28. The molecule has 0 amide bonds. The molecule has 4 rings (SSSR count). The van der Waals surface area contributed by atoms with Crippen molar-refractivity contribution in [2.75, 3.05) is 0 Å². The summed E-state index contributed by atoms with van der Waals surface area (Å²) in [5.41, 5.74) is 5.18. The molecule has 0 spiro atoms. The number of carbonyl (C=O) groups is 2. The predicted molar refractivity (Wildman–Crippen MR) is 99.1 cm³/mol. The Morgan fingerprint density at radius 2 is 1.36 bits per heavy atom. The fourth-order valence-corrected chi connectivity index (χ4v) is 3.59. The van der Waals surface area contributed by atoms with Gasteiger partial charge < -0.3 is 0 Å². The van der Waals surface area contributed by atoms with Crippen LogP contribution in [0.25, 0.3) is 32.5 Å². The Hall–Kier alpha value is -3.18. The molecule has 120 valence electrons. The molecule has 0 fully saturated rings. The van der Waals surface area contributed by atoms with Crippen LogP contribution in [0, 0.1) is 0 Å². The number of aldehydes is 2. The van der Waals surface area contributed by atoms with E-state index in [0.29, 0.717) is 11.1 Å². The highest BCUT2D eigenvalue weighted by atomic mass is 32.1. The predicted octanol–water partition coefficient (Wildman–Crippen LogP) is 4.65. The van der Waals surface area contributed by atoms with Gasteiger partial charge in [-0.3, -0.25) is 9.59 Å². The molecule has 1 aromatic heterocycles. The van der Waals surface area contributed by atoms with Gasteiger partial charge in [-0.1, -0.05) is 59.1 Å². The van der Waals surface area contributed by atoms with Gasteiger partial charge in [0.2, 0.25) is 0 Å². The lowest BCUT2D eigenvalue weighted by atomic mass is 9.89. The van der Waals surface area contributed by atoms with E-state index in [1.165, 1.54) is 11.5 Å². The van der Waals surface area contributed by atoms with Crippen molar-refractivity contribution in [3.05, 3.63) is 71.8 Å². The van der Waals surface area contributed by atoms with Crippen LogP contribution in [-0.2, 0) is 0 Å². The van der Waals surface area contributed by atoms with E-state index in [0.717, 1.165) is 45.0 Å². The topological polar surface area (TPSA) is 59.9 Å². The molecule has 1 heterocycles. The number of hydrogen-bond donors (Lipinski definition) is 0. The average Bonchev–Trinajstić information content (AvgIpc) is 3.16. The Kier molecular flexibility index (Phi) is 3.91. The molecule has 25 heavy (non-hydrogen) atoms. The number of fused-ring (bicyclic) bond motifs is 1. The van der Waals surface area contributed by atoms with Crippen LogP contribution in [-0.4, -0.2) is 22.2 Å². The second kappa shape index (κ2) is 6.37. The Morgan fingerprint density at radius 3 is 2.08 bits per heavy atom. The van der Waals surface area contributed by atoms with Gasteiger partial charge in [0.1, 0.15) is 5.52 Å². The van der Waals surface area contributed by atoms with Gasteiger partial charge in [0.25, 0.3) is 0 Å². The molecule has 0 saturated heterocycles. The summed E-state index contributed by atoms with van der Waals surface area (Å²) in [5.74, 6) is 0. The molecule has 0 aliphatic heterocycles. The normalized spacial score (nSPS) is 10.7. The zero-order valence-electron chi connectivity index (χ0n) is 13.0. The summed E-state index contributed by atoms with van der Waals surface area (Å²) in [4.78, 5) is 23.1. The second-order valence-electron chi connectivity index (χ2n) is 5.52. The highest BCUT2D eigenvalue weighted by Crippen LogP contribution is 2.40. The lowest BCUT2D eigenvalue weighted by Crippen LogP contribution is -1.94. The minimum absolute atomic E-state index is 0.577. The first-order valence-corrected chi connectivity index (χ1v) is 8.45. The maximum Gasteiger partial charge on any atom is 0.150 e. The van der Waals surface area contributed by atoms with E-state index >= 15 is 0 Å². The molecule has 0 unspecified atom stereocenters. The summed E-state index contributed by atoms with van der Waals surface area (Å²) < 4.78 is 4.99. The number of carbonyl (C=O) groups excluding carboxylic acids is 2. The third-order valence-electron chi connectivity index (χ3n) is 4.16. The van der Waals surface area contributed by atoms with Gasteiger partial charge in [0, 0.05) is 16.7 Å². The lowest BCUT2D eigenvalue weighted by molar-refractivity contribution is 0.111. The second-order valence-corrected chi connectivity index (χ2v) is 6.30. The maximum atomic E-state index is 11.6. The molecule has 3 aromatic carbocycles. The van der Waals surface area contributed by atoms with Crippen LogP contribution < -0.4 is 0 Å².